The van der Waals surface area contributed by atoms with Gasteiger partial charge in [-0.1, -0.05) is 0 Å². The van der Waals surface area contributed by atoms with Crippen molar-refractivity contribution in [1.82, 2.24) is 0 Å². The van der Waals surface area contributed by atoms with Crippen LogP contribution >= 0.6 is 0 Å². The Morgan fingerprint density at radius 1 is 1.30 bits per heavy atom. The van der Waals surface area contributed by atoms with Crippen LogP contribution in [-0.2, 0) is 0 Å². The summed E-state index contributed by atoms with van der Waals surface area (Å²) in [4.78, 5) is 0. The van der Waals surface area contributed by atoms with Gasteiger partial charge in [0, 0.05) is 18.4 Å². The molecule has 0 aromatic heterocycles. The Kier molecular flexibility index (Phi) is 1.25. The molecular weight excluding hydrogens is 122 g/mol. The molecule has 0 aliphatic heterocycles. The van der Waals surface area contributed by atoms with E-state index in [1.54, 1.807) is 0 Å². The summed E-state index contributed by atoms with van der Waals surface area (Å²) < 4.78 is 0. The molecule has 1 nitrogen and oxygen atoms in total. The monoisotopic (exact) mass is 135 g/mol. The Morgan fingerprint density at radius 3 is 3.00 bits per heavy atom. The zero-order chi connectivity index (χ0) is 7.03. The highest BCUT2D eigenvalue weighted by atomic mass is 14.9. The predicted molar refractivity (Wildman–Crippen MR) is 41.3 cm³/mol. The van der Waals surface area contributed by atoms with Gasteiger partial charge in [0.05, 0.1) is 0 Å². The number of hydrogen-bond donors (Lipinski definition) is 1. The van der Waals surface area contributed by atoms with E-state index in [0.29, 0.717) is 0 Å². The number of rotatable bonds is 0. The molecular formula is C9H13N. The smallest absolute Gasteiger partial charge is 0.0196 e. The molecule has 2 aliphatic rings. The van der Waals surface area contributed by atoms with Crippen molar-refractivity contribution in [2.75, 3.05) is 0 Å². The van der Waals surface area contributed by atoms with Gasteiger partial charge < -0.3 is 5.73 Å². The van der Waals surface area contributed by atoms with Gasteiger partial charge in [-0.15, -0.1) is 11.8 Å². The normalized spacial score (nSPS) is 43.9. The van der Waals surface area contributed by atoms with Crippen molar-refractivity contribution >= 4 is 0 Å². The molecule has 0 unspecified atom stereocenters. The SMILES string of the molecule is N[C@@]12CCC#CCC[C@@H]1C2. The Hall–Kier alpha value is -0.480. The summed E-state index contributed by atoms with van der Waals surface area (Å²) >= 11 is 0. The Labute approximate surface area is 62.0 Å². The molecule has 10 heavy (non-hydrogen) atoms. The zero-order valence-electron chi connectivity index (χ0n) is 6.19. The Morgan fingerprint density at radius 2 is 2.10 bits per heavy atom. The van der Waals surface area contributed by atoms with Crippen molar-refractivity contribution in [2.45, 2.75) is 37.6 Å². The van der Waals surface area contributed by atoms with Gasteiger partial charge in [-0.25, -0.2) is 0 Å². The van der Waals surface area contributed by atoms with Gasteiger partial charge in [0.1, 0.15) is 0 Å². The standard InChI is InChI=1S/C9H13N/c10-9-6-4-2-1-3-5-8(9)7-9/h8H,3-7,10H2/t8-,9-/m1/s1. The minimum absolute atomic E-state index is 0.217. The van der Waals surface area contributed by atoms with E-state index in [-0.39, 0.29) is 5.54 Å². The molecule has 0 amide bonds. The fourth-order valence-corrected chi connectivity index (χ4v) is 1.81. The summed E-state index contributed by atoms with van der Waals surface area (Å²) in [7, 11) is 0. The van der Waals surface area contributed by atoms with Gasteiger partial charge >= 0.3 is 0 Å². The Balaban J connectivity index is 2.04. The molecule has 0 aromatic rings. The van der Waals surface area contributed by atoms with E-state index in [1.165, 1.54) is 12.8 Å². The second-order valence-electron chi connectivity index (χ2n) is 3.53. The fourth-order valence-electron chi connectivity index (χ4n) is 1.81. The minimum atomic E-state index is 0.217. The van der Waals surface area contributed by atoms with E-state index < -0.39 is 0 Å². The maximum absolute atomic E-state index is 6.05. The summed E-state index contributed by atoms with van der Waals surface area (Å²) in [5.41, 5.74) is 6.27. The molecule has 2 N–H and O–H groups in total. The first kappa shape index (κ1) is 6.24. The molecule has 1 heteroatoms. The first-order chi connectivity index (χ1) is 4.81. The van der Waals surface area contributed by atoms with E-state index in [1.807, 2.05) is 0 Å². The largest absolute Gasteiger partial charge is 0.325 e. The van der Waals surface area contributed by atoms with Crippen molar-refractivity contribution in [1.29, 1.82) is 0 Å². The summed E-state index contributed by atoms with van der Waals surface area (Å²) in [5.74, 6) is 7.10. The van der Waals surface area contributed by atoms with Crippen LogP contribution in [0.25, 0.3) is 0 Å². The van der Waals surface area contributed by atoms with Gasteiger partial charge in [-0.2, -0.15) is 0 Å². The van der Waals surface area contributed by atoms with Crippen LogP contribution in [0.2, 0.25) is 0 Å². The third-order valence-electron chi connectivity index (χ3n) is 2.74. The maximum Gasteiger partial charge on any atom is 0.0196 e. The van der Waals surface area contributed by atoms with Crippen molar-refractivity contribution in [3.05, 3.63) is 0 Å². The molecule has 0 radical (unpaired) electrons. The van der Waals surface area contributed by atoms with E-state index in [0.717, 1.165) is 25.2 Å². The van der Waals surface area contributed by atoms with Crippen LogP contribution in [0.5, 0.6) is 0 Å². The van der Waals surface area contributed by atoms with Crippen molar-refractivity contribution in [3.63, 3.8) is 0 Å². The topological polar surface area (TPSA) is 26.0 Å². The average molecular weight is 135 g/mol. The molecule has 0 heterocycles. The molecule has 0 aromatic carbocycles. The van der Waals surface area contributed by atoms with Crippen LogP contribution < -0.4 is 5.73 Å². The van der Waals surface area contributed by atoms with Crippen molar-refractivity contribution in [3.8, 4) is 11.8 Å². The second kappa shape index (κ2) is 2.00. The molecule has 2 aliphatic carbocycles. The summed E-state index contributed by atoms with van der Waals surface area (Å²) in [6, 6.07) is 0. The van der Waals surface area contributed by atoms with Crippen LogP contribution in [0.4, 0.5) is 0 Å². The number of hydrogen-bond acceptors (Lipinski definition) is 1. The summed E-state index contributed by atoms with van der Waals surface area (Å²) in [6.07, 6.45) is 5.71. The third-order valence-corrected chi connectivity index (χ3v) is 2.74. The molecule has 54 valence electrons. The molecule has 2 atom stereocenters. The van der Waals surface area contributed by atoms with Gasteiger partial charge in [-0.05, 0) is 25.2 Å². The first-order valence-electron chi connectivity index (χ1n) is 4.06. The molecule has 2 rings (SSSR count). The molecule has 1 fully saturated rings. The van der Waals surface area contributed by atoms with E-state index in [9.17, 15) is 0 Å². The lowest BCUT2D eigenvalue weighted by Crippen LogP contribution is -2.24. The molecule has 0 bridgehead atoms. The Bertz CT molecular complexity index is 199. The minimum Gasteiger partial charge on any atom is -0.325 e. The zero-order valence-corrected chi connectivity index (χ0v) is 6.19. The maximum atomic E-state index is 6.05. The van der Waals surface area contributed by atoms with E-state index >= 15 is 0 Å². The van der Waals surface area contributed by atoms with Gasteiger partial charge in [0.2, 0.25) is 0 Å². The van der Waals surface area contributed by atoms with Crippen LogP contribution in [0, 0.1) is 17.8 Å². The molecule has 0 saturated heterocycles. The lowest BCUT2D eigenvalue weighted by Gasteiger charge is -2.09. The first-order valence-corrected chi connectivity index (χ1v) is 4.06. The van der Waals surface area contributed by atoms with Crippen LogP contribution in [0.15, 0.2) is 0 Å². The second-order valence-corrected chi connectivity index (χ2v) is 3.53. The fraction of sp³-hybridized carbons (Fsp3) is 0.778. The summed E-state index contributed by atoms with van der Waals surface area (Å²) in [6.45, 7) is 0. The van der Waals surface area contributed by atoms with Gasteiger partial charge in [-0.3, -0.25) is 0 Å². The van der Waals surface area contributed by atoms with Gasteiger partial charge in [0.25, 0.3) is 0 Å². The van der Waals surface area contributed by atoms with Crippen LogP contribution in [-0.4, -0.2) is 5.54 Å². The summed E-state index contributed by atoms with van der Waals surface area (Å²) in [5, 5.41) is 0. The predicted octanol–water partition coefficient (Wildman–Crippen LogP) is 1.28. The number of fused-ring (bicyclic) bond motifs is 1. The van der Waals surface area contributed by atoms with E-state index in [2.05, 4.69) is 11.8 Å². The average Bonchev–Trinajstić information content (AvgIpc) is 2.44. The van der Waals surface area contributed by atoms with E-state index in [4.69, 9.17) is 5.73 Å². The van der Waals surface area contributed by atoms with Crippen LogP contribution in [0.3, 0.4) is 0 Å². The highest BCUT2D eigenvalue weighted by Gasteiger charge is 2.49. The van der Waals surface area contributed by atoms with Crippen LogP contribution in [0.1, 0.15) is 32.1 Å². The highest BCUT2D eigenvalue weighted by Crippen LogP contribution is 2.47. The van der Waals surface area contributed by atoms with Crippen molar-refractivity contribution in [2.24, 2.45) is 11.7 Å². The molecule has 1 saturated carbocycles. The highest BCUT2D eigenvalue weighted by molar-refractivity contribution is 5.14. The number of nitrogens with two attached hydrogens (primary N) is 1. The quantitative estimate of drug-likeness (QED) is 0.497. The van der Waals surface area contributed by atoms with Crippen molar-refractivity contribution < 1.29 is 0 Å². The third kappa shape index (κ3) is 0.932. The molecule has 0 spiro atoms. The lowest BCUT2D eigenvalue weighted by atomic mass is 10.0. The lowest BCUT2D eigenvalue weighted by molar-refractivity contribution is 0.534. The van der Waals surface area contributed by atoms with Gasteiger partial charge in [0.15, 0.2) is 0 Å².